The quantitative estimate of drug-likeness (QED) is 0.776. The van der Waals surface area contributed by atoms with Gasteiger partial charge in [-0.15, -0.1) is 0 Å². The van der Waals surface area contributed by atoms with Crippen LogP contribution in [0.25, 0.3) is 0 Å². The number of carbonyl (C=O) groups excluding carboxylic acids is 2. The van der Waals surface area contributed by atoms with Gasteiger partial charge in [0.2, 0.25) is 11.8 Å². The van der Waals surface area contributed by atoms with Crippen molar-refractivity contribution in [2.75, 3.05) is 12.4 Å². The first-order chi connectivity index (χ1) is 11.6. The number of hydrogen-bond donors (Lipinski definition) is 3. The van der Waals surface area contributed by atoms with E-state index in [0.717, 1.165) is 25.7 Å². The number of benzene rings is 1. The normalized spacial score (nSPS) is 26.2. The van der Waals surface area contributed by atoms with Gasteiger partial charge in [0.05, 0.1) is 25.3 Å². The Bertz CT molecular complexity index is 638. The fourth-order valence-electron chi connectivity index (χ4n) is 3.44. The van der Waals surface area contributed by atoms with E-state index in [-0.39, 0.29) is 30.3 Å². The zero-order chi connectivity index (χ0) is 17.1. The van der Waals surface area contributed by atoms with E-state index in [4.69, 9.17) is 16.3 Å². The number of ether oxygens (including phenoxy) is 1. The SMILES string of the molecule is COc1ccc(Cl)cc1NC(=O)C[C@H]1N[C@H]2CCCC[C@H]2NC1=O. The average Bonchev–Trinajstić information content (AvgIpc) is 2.55. The van der Waals surface area contributed by atoms with Crippen LogP contribution in [0.2, 0.25) is 5.02 Å². The third-order valence-corrected chi connectivity index (χ3v) is 4.89. The molecule has 130 valence electrons. The molecule has 2 aliphatic rings. The Kier molecular flexibility index (Phi) is 5.26. The van der Waals surface area contributed by atoms with Crippen molar-refractivity contribution in [2.45, 2.75) is 50.2 Å². The molecule has 1 heterocycles. The molecule has 3 N–H and O–H groups in total. The van der Waals surface area contributed by atoms with Crippen molar-refractivity contribution >= 4 is 29.1 Å². The zero-order valence-corrected chi connectivity index (χ0v) is 14.4. The fourth-order valence-corrected chi connectivity index (χ4v) is 3.61. The summed E-state index contributed by atoms with van der Waals surface area (Å²) in [5.74, 6) is 0.171. The summed E-state index contributed by atoms with van der Waals surface area (Å²) in [5.41, 5.74) is 0.502. The van der Waals surface area contributed by atoms with Gasteiger partial charge in [-0.2, -0.15) is 0 Å². The molecule has 0 radical (unpaired) electrons. The lowest BCUT2D eigenvalue weighted by molar-refractivity contribution is -0.129. The van der Waals surface area contributed by atoms with Crippen LogP contribution in [-0.4, -0.2) is 37.0 Å². The molecular weight excluding hydrogens is 330 g/mol. The Morgan fingerprint density at radius 2 is 2.08 bits per heavy atom. The van der Waals surface area contributed by atoms with Crippen LogP contribution in [0.15, 0.2) is 18.2 Å². The number of hydrogen-bond acceptors (Lipinski definition) is 4. The van der Waals surface area contributed by atoms with Gasteiger partial charge in [0, 0.05) is 17.1 Å². The number of carbonyl (C=O) groups is 2. The average molecular weight is 352 g/mol. The molecule has 7 heteroatoms. The zero-order valence-electron chi connectivity index (χ0n) is 13.6. The number of anilines is 1. The van der Waals surface area contributed by atoms with Gasteiger partial charge in [-0.1, -0.05) is 24.4 Å². The molecule has 1 aromatic carbocycles. The molecule has 0 aromatic heterocycles. The highest BCUT2D eigenvalue weighted by Gasteiger charge is 2.37. The van der Waals surface area contributed by atoms with Crippen LogP contribution >= 0.6 is 11.6 Å². The van der Waals surface area contributed by atoms with Crippen LogP contribution in [0.4, 0.5) is 5.69 Å². The number of piperazine rings is 1. The molecule has 3 atom stereocenters. The van der Waals surface area contributed by atoms with Crippen LogP contribution in [-0.2, 0) is 9.59 Å². The summed E-state index contributed by atoms with van der Waals surface area (Å²) >= 11 is 5.97. The highest BCUT2D eigenvalue weighted by atomic mass is 35.5. The van der Waals surface area contributed by atoms with Crippen molar-refractivity contribution in [1.29, 1.82) is 0 Å². The van der Waals surface area contributed by atoms with Crippen molar-refractivity contribution in [1.82, 2.24) is 10.6 Å². The Labute approximate surface area is 146 Å². The molecule has 1 aromatic rings. The van der Waals surface area contributed by atoms with Gasteiger partial charge in [-0.3, -0.25) is 9.59 Å². The molecule has 1 saturated heterocycles. The summed E-state index contributed by atoms with van der Waals surface area (Å²) in [6, 6.07) is 4.96. The standard InChI is InChI=1S/C17H22ClN3O3/c1-24-15-7-6-10(18)8-13(15)20-16(22)9-14-17(23)21-12-5-3-2-4-11(12)19-14/h6-8,11-12,14,19H,2-5,9H2,1H3,(H,20,22)(H,21,23)/t11-,12+,14+/m0/s1. The van der Waals surface area contributed by atoms with E-state index < -0.39 is 6.04 Å². The Balaban J connectivity index is 1.62. The van der Waals surface area contributed by atoms with Gasteiger partial charge < -0.3 is 20.7 Å². The second-order valence-electron chi connectivity index (χ2n) is 6.32. The molecule has 3 rings (SSSR count). The summed E-state index contributed by atoms with van der Waals surface area (Å²) in [6.45, 7) is 0. The van der Waals surface area contributed by atoms with E-state index in [1.807, 2.05) is 0 Å². The fraction of sp³-hybridized carbons (Fsp3) is 0.529. The summed E-state index contributed by atoms with van der Waals surface area (Å²) in [4.78, 5) is 24.6. The van der Waals surface area contributed by atoms with Crippen LogP contribution in [0.5, 0.6) is 5.75 Å². The van der Waals surface area contributed by atoms with Crippen molar-refractivity contribution in [3.63, 3.8) is 0 Å². The summed E-state index contributed by atoms with van der Waals surface area (Å²) in [6.07, 6.45) is 4.41. The lowest BCUT2D eigenvalue weighted by atomic mass is 9.87. The highest BCUT2D eigenvalue weighted by Crippen LogP contribution is 2.28. The molecule has 2 fully saturated rings. The van der Waals surface area contributed by atoms with Gasteiger partial charge >= 0.3 is 0 Å². The van der Waals surface area contributed by atoms with Crippen molar-refractivity contribution < 1.29 is 14.3 Å². The minimum atomic E-state index is -0.505. The van der Waals surface area contributed by atoms with Crippen LogP contribution < -0.4 is 20.7 Å². The molecule has 1 aliphatic heterocycles. The number of rotatable bonds is 4. The third kappa shape index (κ3) is 3.82. The first-order valence-electron chi connectivity index (χ1n) is 8.26. The summed E-state index contributed by atoms with van der Waals surface area (Å²) < 4.78 is 5.21. The third-order valence-electron chi connectivity index (χ3n) is 4.65. The predicted molar refractivity (Wildman–Crippen MR) is 92.4 cm³/mol. The monoisotopic (exact) mass is 351 g/mol. The van der Waals surface area contributed by atoms with Crippen molar-refractivity contribution in [2.24, 2.45) is 0 Å². The maximum Gasteiger partial charge on any atom is 0.237 e. The lowest BCUT2D eigenvalue weighted by Gasteiger charge is -2.40. The molecule has 6 nitrogen and oxygen atoms in total. The topological polar surface area (TPSA) is 79.5 Å². The van der Waals surface area contributed by atoms with Gasteiger partial charge in [0.25, 0.3) is 0 Å². The van der Waals surface area contributed by atoms with Gasteiger partial charge in [-0.25, -0.2) is 0 Å². The maximum absolute atomic E-state index is 12.3. The molecule has 0 unspecified atom stereocenters. The number of methoxy groups -OCH3 is 1. The second kappa shape index (κ2) is 7.40. The molecule has 24 heavy (non-hydrogen) atoms. The van der Waals surface area contributed by atoms with E-state index in [1.54, 1.807) is 18.2 Å². The Hall–Kier alpha value is -1.79. The molecule has 0 spiro atoms. The Morgan fingerprint density at radius 1 is 1.33 bits per heavy atom. The van der Waals surface area contributed by atoms with Gasteiger partial charge in [0.1, 0.15) is 5.75 Å². The smallest absolute Gasteiger partial charge is 0.237 e. The molecule has 0 bridgehead atoms. The number of halogens is 1. The van der Waals surface area contributed by atoms with E-state index in [9.17, 15) is 9.59 Å². The minimum Gasteiger partial charge on any atom is -0.495 e. The summed E-state index contributed by atoms with van der Waals surface area (Å²) in [5, 5.41) is 9.65. The van der Waals surface area contributed by atoms with Gasteiger partial charge in [0.15, 0.2) is 0 Å². The number of fused-ring (bicyclic) bond motifs is 1. The maximum atomic E-state index is 12.3. The molecule has 1 saturated carbocycles. The number of nitrogens with one attached hydrogen (secondary N) is 3. The Morgan fingerprint density at radius 3 is 2.83 bits per heavy atom. The molecule has 1 aliphatic carbocycles. The minimum absolute atomic E-state index is 0.0741. The van der Waals surface area contributed by atoms with Crippen LogP contribution in [0.1, 0.15) is 32.1 Å². The van der Waals surface area contributed by atoms with Crippen LogP contribution in [0, 0.1) is 0 Å². The number of amides is 2. The van der Waals surface area contributed by atoms with E-state index in [0.29, 0.717) is 16.5 Å². The van der Waals surface area contributed by atoms with E-state index >= 15 is 0 Å². The first-order valence-corrected chi connectivity index (χ1v) is 8.64. The lowest BCUT2D eigenvalue weighted by Crippen LogP contribution is -2.65. The van der Waals surface area contributed by atoms with E-state index in [2.05, 4.69) is 16.0 Å². The van der Waals surface area contributed by atoms with Crippen molar-refractivity contribution in [3.8, 4) is 5.75 Å². The summed E-state index contributed by atoms with van der Waals surface area (Å²) in [7, 11) is 1.53. The van der Waals surface area contributed by atoms with Crippen molar-refractivity contribution in [3.05, 3.63) is 23.2 Å². The highest BCUT2D eigenvalue weighted by molar-refractivity contribution is 6.31. The predicted octanol–water partition coefficient (Wildman–Crippen LogP) is 2.08. The first kappa shape index (κ1) is 17.0. The molecular formula is C17H22ClN3O3. The largest absolute Gasteiger partial charge is 0.495 e. The van der Waals surface area contributed by atoms with Gasteiger partial charge in [-0.05, 0) is 31.0 Å². The van der Waals surface area contributed by atoms with E-state index in [1.165, 1.54) is 7.11 Å². The van der Waals surface area contributed by atoms with Crippen LogP contribution in [0.3, 0.4) is 0 Å². The molecule has 2 amide bonds. The second-order valence-corrected chi connectivity index (χ2v) is 6.76.